The van der Waals surface area contributed by atoms with Crippen molar-refractivity contribution in [2.45, 2.75) is 65.3 Å². The second-order valence-electron chi connectivity index (χ2n) is 4.83. The van der Waals surface area contributed by atoms with E-state index in [1.54, 1.807) is 0 Å². The van der Waals surface area contributed by atoms with E-state index in [0.29, 0.717) is 12.0 Å². The summed E-state index contributed by atoms with van der Waals surface area (Å²) in [4.78, 5) is 0. The Morgan fingerprint density at radius 3 is 2.27 bits per heavy atom. The molecule has 0 spiro atoms. The van der Waals surface area contributed by atoms with E-state index in [-0.39, 0.29) is 0 Å². The van der Waals surface area contributed by atoms with Crippen LogP contribution in [-0.4, -0.2) is 10.5 Å². The van der Waals surface area contributed by atoms with E-state index in [1.165, 1.54) is 43.0 Å². The van der Waals surface area contributed by atoms with E-state index in [0.717, 1.165) is 5.92 Å². The van der Waals surface area contributed by atoms with Crippen molar-refractivity contribution < 1.29 is 0 Å². The zero-order chi connectivity index (χ0) is 11.7. The smallest absolute Gasteiger partial charge is 0.00670 e. The third-order valence-corrected chi connectivity index (χ3v) is 4.25. The molecule has 0 saturated carbocycles. The third-order valence-electron chi connectivity index (χ3n) is 3.49. The largest absolute Gasteiger partial charge is 0.327 e. The van der Waals surface area contributed by atoms with E-state index >= 15 is 0 Å². The second-order valence-corrected chi connectivity index (χ2v) is 5.91. The molecule has 0 saturated heterocycles. The van der Waals surface area contributed by atoms with Gasteiger partial charge in [0.2, 0.25) is 0 Å². The van der Waals surface area contributed by atoms with Crippen molar-refractivity contribution in [2.75, 3.05) is 4.43 Å². The van der Waals surface area contributed by atoms with Gasteiger partial charge in [0.15, 0.2) is 0 Å². The van der Waals surface area contributed by atoms with Crippen molar-refractivity contribution in [2.24, 2.45) is 17.6 Å². The highest BCUT2D eigenvalue weighted by molar-refractivity contribution is 14.1. The SMILES string of the molecule is CCC[C@@H](C)[C@@H](C)C(N)CCCCCI. The number of halogens is 1. The highest BCUT2D eigenvalue weighted by Gasteiger charge is 2.18. The molecule has 2 heteroatoms. The Hall–Kier alpha value is 0.690. The summed E-state index contributed by atoms with van der Waals surface area (Å²) in [6.07, 6.45) is 7.84. The summed E-state index contributed by atoms with van der Waals surface area (Å²) < 4.78 is 1.29. The van der Waals surface area contributed by atoms with E-state index < -0.39 is 0 Å². The van der Waals surface area contributed by atoms with Crippen LogP contribution < -0.4 is 5.73 Å². The number of nitrogens with two attached hydrogens (primary N) is 1. The minimum Gasteiger partial charge on any atom is -0.327 e. The van der Waals surface area contributed by atoms with Crippen LogP contribution in [0.2, 0.25) is 0 Å². The van der Waals surface area contributed by atoms with Crippen LogP contribution in [0.4, 0.5) is 0 Å². The molecule has 0 aliphatic rings. The monoisotopic (exact) mass is 325 g/mol. The van der Waals surface area contributed by atoms with Gasteiger partial charge in [0.25, 0.3) is 0 Å². The Morgan fingerprint density at radius 2 is 1.73 bits per heavy atom. The molecule has 0 bridgehead atoms. The van der Waals surface area contributed by atoms with Crippen LogP contribution in [0.15, 0.2) is 0 Å². The molecule has 0 fully saturated rings. The second kappa shape index (κ2) is 9.88. The van der Waals surface area contributed by atoms with Crippen molar-refractivity contribution >= 4 is 22.6 Å². The fourth-order valence-electron chi connectivity index (χ4n) is 2.05. The first-order valence-electron chi connectivity index (χ1n) is 6.45. The van der Waals surface area contributed by atoms with Gasteiger partial charge in [0.05, 0.1) is 0 Å². The summed E-state index contributed by atoms with van der Waals surface area (Å²) >= 11 is 2.45. The average molecular weight is 325 g/mol. The maximum Gasteiger partial charge on any atom is 0.00670 e. The minimum absolute atomic E-state index is 0.417. The molecule has 15 heavy (non-hydrogen) atoms. The first-order valence-corrected chi connectivity index (χ1v) is 7.97. The molecule has 0 rings (SSSR count). The molecule has 1 unspecified atom stereocenters. The van der Waals surface area contributed by atoms with Crippen molar-refractivity contribution in [3.8, 4) is 0 Å². The van der Waals surface area contributed by atoms with Crippen LogP contribution >= 0.6 is 22.6 Å². The topological polar surface area (TPSA) is 26.0 Å². The standard InChI is InChI=1S/C13H28IN/c1-4-8-11(2)12(3)13(15)9-6-5-7-10-14/h11-13H,4-10,15H2,1-3H3/t11-,12-,13?/m1/s1. The maximum atomic E-state index is 6.23. The summed E-state index contributed by atoms with van der Waals surface area (Å²) in [6, 6.07) is 0.417. The van der Waals surface area contributed by atoms with E-state index in [1.807, 2.05) is 0 Å². The Kier molecular flexibility index (Phi) is 10.3. The lowest BCUT2D eigenvalue weighted by molar-refractivity contribution is 0.292. The normalized spacial score (nSPS) is 17.4. The van der Waals surface area contributed by atoms with Crippen molar-refractivity contribution in [3.63, 3.8) is 0 Å². The fraction of sp³-hybridized carbons (Fsp3) is 1.00. The van der Waals surface area contributed by atoms with Crippen molar-refractivity contribution in [1.29, 1.82) is 0 Å². The van der Waals surface area contributed by atoms with Crippen LogP contribution in [0.3, 0.4) is 0 Å². The van der Waals surface area contributed by atoms with Gasteiger partial charge in [0, 0.05) is 6.04 Å². The summed E-state index contributed by atoms with van der Waals surface area (Å²) in [5.41, 5.74) is 6.23. The van der Waals surface area contributed by atoms with Crippen molar-refractivity contribution in [1.82, 2.24) is 0 Å². The molecular formula is C13H28IN. The molecule has 0 aromatic carbocycles. The molecule has 0 aromatic rings. The Bertz CT molecular complexity index is 138. The number of rotatable bonds is 9. The quantitative estimate of drug-likeness (QED) is 0.380. The minimum atomic E-state index is 0.417. The summed E-state index contributed by atoms with van der Waals surface area (Å²) in [6.45, 7) is 6.93. The molecule has 3 atom stereocenters. The van der Waals surface area contributed by atoms with Gasteiger partial charge < -0.3 is 5.73 Å². The number of unbranched alkanes of at least 4 members (excludes halogenated alkanes) is 2. The van der Waals surface area contributed by atoms with E-state index in [9.17, 15) is 0 Å². The van der Waals surface area contributed by atoms with Gasteiger partial charge in [-0.2, -0.15) is 0 Å². The molecule has 0 amide bonds. The van der Waals surface area contributed by atoms with Gasteiger partial charge >= 0.3 is 0 Å². The highest BCUT2D eigenvalue weighted by Crippen LogP contribution is 2.22. The van der Waals surface area contributed by atoms with Crippen LogP contribution in [-0.2, 0) is 0 Å². The molecule has 0 aromatic heterocycles. The molecular weight excluding hydrogens is 297 g/mol. The van der Waals surface area contributed by atoms with E-state index in [4.69, 9.17) is 5.73 Å². The lowest BCUT2D eigenvalue weighted by atomic mass is 9.84. The summed E-state index contributed by atoms with van der Waals surface area (Å²) in [5.74, 6) is 1.47. The maximum absolute atomic E-state index is 6.23. The van der Waals surface area contributed by atoms with Gasteiger partial charge in [-0.3, -0.25) is 0 Å². The van der Waals surface area contributed by atoms with Crippen molar-refractivity contribution in [3.05, 3.63) is 0 Å². The van der Waals surface area contributed by atoms with E-state index in [2.05, 4.69) is 43.4 Å². The predicted molar refractivity (Wildman–Crippen MR) is 78.6 cm³/mol. The molecule has 0 heterocycles. The summed E-state index contributed by atoms with van der Waals surface area (Å²) in [7, 11) is 0. The van der Waals surface area contributed by atoms with Gasteiger partial charge in [-0.1, -0.05) is 69.0 Å². The molecule has 0 aliphatic carbocycles. The molecule has 1 nitrogen and oxygen atoms in total. The zero-order valence-electron chi connectivity index (χ0n) is 10.6. The molecule has 0 radical (unpaired) electrons. The average Bonchev–Trinajstić information content (AvgIpc) is 2.23. The van der Waals surface area contributed by atoms with Crippen LogP contribution in [0, 0.1) is 11.8 Å². The highest BCUT2D eigenvalue weighted by atomic mass is 127. The van der Waals surface area contributed by atoms with Crippen LogP contribution in [0.1, 0.15) is 59.3 Å². The number of alkyl halides is 1. The van der Waals surface area contributed by atoms with Gasteiger partial charge in [-0.25, -0.2) is 0 Å². The predicted octanol–water partition coefficient (Wildman–Crippen LogP) is 4.38. The molecule has 92 valence electrons. The van der Waals surface area contributed by atoms with Crippen LogP contribution in [0.25, 0.3) is 0 Å². The number of hydrogen-bond acceptors (Lipinski definition) is 1. The van der Waals surface area contributed by atoms with Gasteiger partial charge in [0.1, 0.15) is 0 Å². The molecule has 2 N–H and O–H groups in total. The first-order chi connectivity index (χ1) is 7.13. The van der Waals surface area contributed by atoms with Gasteiger partial charge in [-0.05, 0) is 29.1 Å². The zero-order valence-corrected chi connectivity index (χ0v) is 12.8. The lowest BCUT2D eigenvalue weighted by Gasteiger charge is -2.25. The Labute approximate surface area is 110 Å². The first kappa shape index (κ1) is 15.7. The van der Waals surface area contributed by atoms with Crippen LogP contribution in [0.5, 0.6) is 0 Å². The Balaban J connectivity index is 3.63. The molecule has 0 aliphatic heterocycles. The fourth-order valence-corrected chi connectivity index (χ4v) is 2.59. The number of hydrogen-bond donors (Lipinski definition) is 1. The van der Waals surface area contributed by atoms with Gasteiger partial charge in [-0.15, -0.1) is 0 Å². The summed E-state index contributed by atoms with van der Waals surface area (Å²) in [5, 5.41) is 0. The lowest BCUT2D eigenvalue weighted by Crippen LogP contribution is -2.32. The third kappa shape index (κ3) is 7.56. The Morgan fingerprint density at radius 1 is 1.07 bits per heavy atom.